The largest absolute Gasteiger partial charge is 0.206 e. The number of rotatable bonds is 1. The molecule has 0 unspecified atom stereocenters. The summed E-state index contributed by atoms with van der Waals surface area (Å²) in [6, 6.07) is 1.99. The molecule has 64 valence electrons. The van der Waals surface area contributed by atoms with Crippen molar-refractivity contribution in [3.8, 4) is 0 Å². The SMILES string of the molecule is C=C(C)c1cc(F)c(Cl)cc1F. The van der Waals surface area contributed by atoms with E-state index in [4.69, 9.17) is 11.6 Å². The van der Waals surface area contributed by atoms with Gasteiger partial charge in [0.25, 0.3) is 0 Å². The normalized spacial score (nSPS) is 10.0. The molecule has 0 fully saturated rings. The van der Waals surface area contributed by atoms with Gasteiger partial charge in [0.1, 0.15) is 11.6 Å². The van der Waals surface area contributed by atoms with Crippen LogP contribution in [0.3, 0.4) is 0 Å². The average molecular weight is 189 g/mol. The second-order valence-corrected chi connectivity index (χ2v) is 2.93. The van der Waals surface area contributed by atoms with Crippen molar-refractivity contribution in [2.45, 2.75) is 6.92 Å². The number of halogens is 3. The zero-order valence-electron chi connectivity index (χ0n) is 6.50. The van der Waals surface area contributed by atoms with Gasteiger partial charge in [-0.3, -0.25) is 0 Å². The van der Waals surface area contributed by atoms with Crippen LogP contribution in [0.4, 0.5) is 8.78 Å². The number of allylic oxidation sites excluding steroid dienone is 1. The minimum absolute atomic E-state index is 0.164. The van der Waals surface area contributed by atoms with Gasteiger partial charge in [0.15, 0.2) is 0 Å². The van der Waals surface area contributed by atoms with Crippen molar-refractivity contribution in [1.82, 2.24) is 0 Å². The second kappa shape index (κ2) is 3.23. The van der Waals surface area contributed by atoms with Crippen molar-refractivity contribution in [3.05, 3.63) is 40.9 Å². The molecule has 0 radical (unpaired) electrons. The molecule has 1 aromatic carbocycles. The molecule has 0 heterocycles. The lowest BCUT2D eigenvalue weighted by Crippen LogP contribution is -1.89. The first-order valence-corrected chi connectivity index (χ1v) is 3.70. The fourth-order valence-corrected chi connectivity index (χ4v) is 1.000. The summed E-state index contributed by atoms with van der Waals surface area (Å²) >= 11 is 5.35. The quantitative estimate of drug-likeness (QED) is 0.590. The molecule has 0 nitrogen and oxygen atoms in total. The highest BCUT2D eigenvalue weighted by atomic mass is 35.5. The Hall–Kier alpha value is -0.890. The van der Waals surface area contributed by atoms with Gasteiger partial charge in [-0.15, -0.1) is 0 Å². The van der Waals surface area contributed by atoms with Crippen molar-refractivity contribution in [2.75, 3.05) is 0 Å². The van der Waals surface area contributed by atoms with Crippen LogP contribution in [0.2, 0.25) is 5.02 Å². The van der Waals surface area contributed by atoms with E-state index in [1.165, 1.54) is 0 Å². The van der Waals surface area contributed by atoms with E-state index in [9.17, 15) is 8.78 Å². The van der Waals surface area contributed by atoms with Crippen LogP contribution >= 0.6 is 11.6 Å². The van der Waals surface area contributed by atoms with Crippen LogP contribution in [-0.2, 0) is 0 Å². The predicted octanol–water partition coefficient (Wildman–Crippen LogP) is 3.65. The van der Waals surface area contributed by atoms with Crippen molar-refractivity contribution >= 4 is 17.2 Å². The van der Waals surface area contributed by atoms with E-state index in [0.29, 0.717) is 5.57 Å². The first kappa shape index (κ1) is 9.20. The second-order valence-electron chi connectivity index (χ2n) is 2.53. The third-order valence-electron chi connectivity index (χ3n) is 1.47. The molecule has 0 spiro atoms. The predicted molar refractivity (Wildman–Crippen MR) is 46.1 cm³/mol. The summed E-state index contributed by atoms with van der Waals surface area (Å²) in [6.45, 7) is 5.11. The zero-order chi connectivity index (χ0) is 9.30. The van der Waals surface area contributed by atoms with E-state index < -0.39 is 11.6 Å². The van der Waals surface area contributed by atoms with Crippen molar-refractivity contribution < 1.29 is 8.78 Å². The topological polar surface area (TPSA) is 0 Å². The highest BCUT2D eigenvalue weighted by molar-refractivity contribution is 6.30. The fraction of sp³-hybridized carbons (Fsp3) is 0.111. The van der Waals surface area contributed by atoms with Crippen LogP contribution in [0.15, 0.2) is 18.7 Å². The molecule has 0 aliphatic heterocycles. The molecule has 0 bridgehead atoms. The molecule has 0 amide bonds. The Bertz CT molecular complexity index is 332. The molecule has 0 aromatic heterocycles. The minimum atomic E-state index is -0.629. The van der Waals surface area contributed by atoms with Gasteiger partial charge in [-0.2, -0.15) is 0 Å². The van der Waals surface area contributed by atoms with Crippen molar-refractivity contribution in [2.24, 2.45) is 0 Å². The molecule has 3 heteroatoms. The van der Waals surface area contributed by atoms with Gasteiger partial charge in [-0.1, -0.05) is 18.2 Å². The summed E-state index contributed by atoms with van der Waals surface area (Å²) in [5.41, 5.74) is 0.639. The lowest BCUT2D eigenvalue weighted by Gasteiger charge is -2.02. The van der Waals surface area contributed by atoms with E-state index in [-0.39, 0.29) is 10.6 Å². The van der Waals surface area contributed by atoms with E-state index >= 15 is 0 Å². The van der Waals surface area contributed by atoms with Crippen LogP contribution in [0, 0.1) is 11.6 Å². The molecule has 1 rings (SSSR count). The standard InChI is InChI=1S/C9H7ClF2/c1-5(2)6-3-9(12)7(10)4-8(6)11/h3-4H,1H2,2H3. The van der Waals surface area contributed by atoms with Gasteiger partial charge in [0.05, 0.1) is 5.02 Å². The summed E-state index contributed by atoms with van der Waals surface area (Å²) in [6.07, 6.45) is 0. The monoisotopic (exact) mass is 188 g/mol. The van der Waals surface area contributed by atoms with Crippen LogP contribution < -0.4 is 0 Å². The van der Waals surface area contributed by atoms with E-state index in [0.717, 1.165) is 12.1 Å². The maximum Gasteiger partial charge on any atom is 0.142 e. The summed E-state index contributed by atoms with van der Waals surface area (Å²) < 4.78 is 25.7. The fourth-order valence-electron chi connectivity index (χ4n) is 0.850. The highest BCUT2D eigenvalue weighted by Gasteiger charge is 2.08. The Labute approximate surface area is 74.5 Å². The lowest BCUT2D eigenvalue weighted by molar-refractivity contribution is 0.597. The third-order valence-corrected chi connectivity index (χ3v) is 1.76. The molecule has 0 aliphatic carbocycles. The molecule has 12 heavy (non-hydrogen) atoms. The maximum atomic E-state index is 13.0. The average Bonchev–Trinajstić information content (AvgIpc) is 1.96. The summed E-state index contributed by atoms with van der Waals surface area (Å²) in [7, 11) is 0. The van der Waals surface area contributed by atoms with Gasteiger partial charge < -0.3 is 0 Å². The van der Waals surface area contributed by atoms with Crippen molar-refractivity contribution in [1.29, 1.82) is 0 Å². The molecular weight excluding hydrogens is 182 g/mol. The van der Waals surface area contributed by atoms with E-state index in [1.807, 2.05) is 0 Å². The molecular formula is C9H7ClF2. The van der Waals surface area contributed by atoms with Gasteiger partial charge in [-0.25, -0.2) is 8.78 Å². The van der Waals surface area contributed by atoms with E-state index in [2.05, 4.69) is 6.58 Å². The van der Waals surface area contributed by atoms with Crippen molar-refractivity contribution in [3.63, 3.8) is 0 Å². The number of benzene rings is 1. The smallest absolute Gasteiger partial charge is 0.142 e. The van der Waals surface area contributed by atoms with Crippen LogP contribution in [0.25, 0.3) is 5.57 Å². The summed E-state index contributed by atoms with van der Waals surface area (Å²) in [5.74, 6) is -1.18. The Kier molecular flexibility index (Phi) is 2.48. The van der Waals surface area contributed by atoms with Gasteiger partial charge in [-0.05, 0) is 24.6 Å². The molecule has 0 N–H and O–H groups in total. The third kappa shape index (κ3) is 1.64. The maximum absolute atomic E-state index is 13.0. The highest BCUT2D eigenvalue weighted by Crippen LogP contribution is 2.23. The molecule has 0 saturated heterocycles. The molecule has 1 aromatic rings. The number of hydrogen-bond acceptors (Lipinski definition) is 0. The van der Waals surface area contributed by atoms with Crippen LogP contribution in [0.5, 0.6) is 0 Å². The minimum Gasteiger partial charge on any atom is -0.206 e. The molecule has 0 aliphatic rings. The Balaban J connectivity index is 3.33. The Morgan fingerprint density at radius 3 is 2.42 bits per heavy atom. The van der Waals surface area contributed by atoms with Gasteiger partial charge in [0.2, 0.25) is 0 Å². The molecule has 0 atom stereocenters. The summed E-state index contributed by atoms with van der Waals surface area (Å²) in [5, 5.41) is -0.211. The van der Waals surface area contributed by atoms with Gasteiger partial charge >= 0.3 is 0 Å². The Morgan fingerprint density at radius 1 is 1.33 bits per heavy atom. The first-order chi connectivity index (χ1) is 5.52. The zero-order valence-corrected chi connectivity index (χ0v) is 7.25. The van der Waals surface area contributed by atoms with Gasteiger partial charge in [0, 0.05) is 5.56 Å². The van der Waals surface area contributed by atoms with Crippen LogP contribution in [-0.4, -0.2) is 0 Å². The summed E-state index contributed by atoms with van der Waals surface area (Å²) in [4.78, 5) is 0. The van der Waals surface area contributed by atoms with Crippen LogP contribution in [0.1, 0.15) is 12.5 Å². The lowest BCUT2D eigenvalue weighted by atomic mass is 10.1. The number of hydrogen-bond donors (Lipinski definition) is 0. The Morgan fingerprint density at radius 2 is 1.92 bits per heavy atom. The molecule has 0 saturated carbocycles. The van der Waals surface area contributed by atoms with E-state index in [1.54, 1.807) is 6.92 Å². The first-order valence-electron chi connectivity index (χ1n) is 3.33.